The van der Waals surface area contributed by atoms with Crippen LogP contribution in [-0.2, 0) is 11.2 Å². The molecular weight excluding hydrogens is 418 g/mol. The number of carbonyl (C=O) groups excluding carboxylic acids is 1. The number of hydrogen-bond donors (Lipinski definition) is 5. The van der Waals surface area contributed by atoms with E-state index < -0.39 is 24.0 Å². The van der Waals surface area contributed by atoms with Gasteiger partial charge in [-0.2, -0.15) is 0 Å². The molecule has 3 atom stereocenters. The number of halogens is 1. The van der Waals surface area contributed by atoms with Gasteiger partial charge in [-0.25, -0.2) is 0 Å². The lowest BCUT2D eigenvalue weighted by molar-refractivity contribution is -0.138. The molecule has 0 radical (unpaired) electrons. The molecule has 1 heterocycles. The summed E-state index contributed by atoms with van der Waals surface area (Å²) in [5.74, 6) is -1.52. The zero-order chi connectivity index (χ0) is 22.5. The molecule has 7 nitrogen and oxygen atoms in total. The first-order valence-electron chi connectivity index (χ1n) is 10.0. The average molecular weight is 444 g/mol. The molecule has 3 rings (SSSR count). The Kier molecular flexibility index (Phi) is 7.33. The molecule has 1 amide bonds. The fraction of sp³-hybridized carbons (Fsp3) is 0.304. The summed E-state index contributed by atoms with van der Waals surface area (Å²) >= 11 is 5.98. The lowest BCUT2D eigenvalue weighted by Gasteiger charge is -2.17. The normalized spacial score (nSPS) is 14.2. The predicted octanol–water partition coefficient (Wildman–Crippen LogP) is 3.28. The van der Waals surface area contributed by atoms with Gasteiger partial charge in [0.05, 0.1) is 6.10 Å². The van der Waals surface area contributed by atoms with Crippen molar-refractivity contribution in [3.63, 3.8) is 0 Å². The van der Waals surface area contributed by atoms with Gasteiger partial charge in [0.2, 0.25) is 0 Å². The molecule has 3 aromatic rings. The zero-order valence-corrected chi connectivity index (χ0v) is 18.1. The first-order valence-corrected chi connectivity index (χ1v) is 10.4. The number of rotatable bonds is 9. The fourth-order valence-corrected chi connectivity index (χ4v) is 3.58. The summed E-state index contributed by atoms with van der Waals surface area (Å²) in [7, 11) is 0. The van der Waals surface area contributed by atoms with Crippen LogP contribution in [0.3, 0.4) is 0 Å². The van der Waals surface area contributed by atoms with Gasteiger partial charge in [-0.1, -0.05) is 29.8 Å². The smallest absolute Gasteiger partial charge is 0.325 e. The molecular formula is C23H26ClN3O4. The van der Waals surface area contributed by atoms with Crippen LogP contribution in [-0.4, -0.2) is 45.7 Å². The Morgan fingerprint density at radius 2 is 1.94 bits per heavy atom. The highest BCUT2D eigenvalue weighted by Gasteiger charge is 2.17. The van der Waals surface area contributed by atoms with E-state index in [1.807, 2.05) is 31.3 Å². The van der Waals surface area contributed by atoms with Crippen molar-refractivity contribution in [2.75, 3.05) is 6.54 Å². The summed E-state index contributed by atoms with van der Waals surface area (Å²) < 4.78 is 0. The van der Waals surface area contributed by atoms with E-state index in [0.29, 0.717) is 17.1 Å². The van der Waals surface area contributed by atoms with Crippen molar-refractivity contribution in [1.82, 2.24) is 15.6 Å². The van der Waals surface area contributed by atoms with Gasteiger partial charge < -0.3 is 25.8 Å². The maximum Gasteiger partial charge on any atom is 0.325 e. The second-order valence-electron chi connectivity index (χ2n) is 7.69. The molecule has 0 bridgehead atoms. The lowest BCUT2D eigenvalue weighted by Crippen LogP contribution is -2.38. The molecule has 0 aliphatic heterocycles. The molecule has 1 aromatic heterocycles. The van der Waals surface area contributed by atoms with E-state index in [9.17, 15) is 14.7 Å². The number of aliphatic carboxylic acids is 1. The number of carbonyl (C=O) groups is 2. The molecule has 0 saturated heterocycles. The number of H-pyrrole nitrogens is 1. The van der Waals surface area contributed by atoms with Gasteiger partial charge in [0.1, 0.15) is 6.04 Å². The number of carboxylic acid groups (broad SMARTS) is 1. The van der Waals surface area contributed by atoms with Crippen molar-refractivity contribution in [3.8, 4) is 0 Å². The van der Waals surface area contributed by atoms with Crippen molar-refractivity contribution in [3.05, 3.63) is 70.4 Å². The van der Waals surface area contributed by atoms with Crippen LogP contribution in [0.2, 0.25) is 5.02 Å². The first-order chi connectivity index (χ1) is 14.7. The number of nitrogens with one attached hydrogen (secondary N) is 3. The summed E-state index contributed by atoms with van der Waals surface area (Å²) in [6.45, 7) is 3.86. The van der Waals surface area contributed by atoms with Gasteiger partial charge >= 0.3 is 5.97 Å². The quantitative estimate of drug-likeness (QED) is 0.348. The van der Waals surface area contributed by atoms with Gasteiger partial charge in [-0.15, -0.1) is 0 Å². The number of aliphatic hydroxyl groups excluding tert-OH is 1. The van der Waals surface area contributed by atoms with Gasteiger partial charge in [0.25, 0.3) is 5.91 Å². The maximum atomic E-state index is 12.2. The van der Waals surface area contributed by atoms with Crippen LogP contribution < -0.4 is 10.6 Å². The molecule has 0 aliphatic carbocycles. The lowest BCUT2D eigenvalue weighted by atomic mass is 10.0. The minimum absolute atomic E-state index is 0.104. The second kappa shape index (κ2) is 9.96. The summed E-state index contributed by atoms with van der Waals surface area (Å²) in [6, 6.07) is 11.6. The summed E-state index contributed by atoms with van der Waals surface area (Å²) in [5, 5.41) is 26.7. The predicted molar refractivity (Wildman–Crippen MR) is 120 cm³/mol. The summed E-state index contributed by atoms with van der Waals surface area (Å²) in [4.78, 5) is 26.3. The minimum atomic E-state index is -1.08. The standard InChI is InChI=1S/C23H26ClN3O4/c1-13(25-12-21(28)15-4-3-5-18(24)9-15)8-17-11-26-20-10-16(6-7-19(17)20)22(29)27-14(2)23(30)31/h3-7,9-11,13-14,21,25-26,28H,8,12H2,1-2H3,(H,27,29)(H,30,31)/t13-,14+,21+/m1/s1. The van der Waals surface area contributed by atoms with E-state index in [2.05, 4.69) is 15.6 Å². The van der Waals surface area contributed by atoms with E-state index in [-0.39, 0.29) is 6.04 Å². The van der Waals surface area contributed by atoms with Crippen LogP contribution in [0.25, 0.3) is 10.9 Å². The Labute approximate surface area is 185 Å². The molecule has 8 heteroatoms. The van der Waals surface area contributed by atoms with Gasteiger partial charge in [0, 0.05) is 40.3 Å². The van der Waals surface area contributed by atoms with E-state index in [4.69, 9.17) is 16.7 Å². The number of amides is 1. The zero-order valence-electron chi connectivity index (χ0n) is 17.4. The van der Waals surface area contributed by atoms with E-state index in [1.165, 1.54) is 6.92 Å². The van der Waals surface area contributed by atoms with Gasteiger partial charge in [-0.3, -0.25) is 9.59 Å². The van der Waals surface area contributed by atoms with Crippen LogP contribution in [0.4, 0.5) is 0 Å². The molecule has 5 N–H and O–H groups in total. The molecule has 0 saturated carbocycles. The second-order valence-corrected chi connectivity index (χ2v) is 8.13. The molecule has 0 aliphatic rings. The van der Waals surface area contributed by atoms with Crippen LogP contribution in [0.15, 0.2) is 48.7 Å². The third kappa shape index (κ3) is 5.85. The number of carboxylic acids is 1. The van der Waals surface area contributed by atoms with Crippen LogP contribution in [0, 0.1) is 0 Å². The van der Waals surface area contributed by atoms with E-state index in [0.717, 1.165) is 28.5 Å². The Hall–Kier alpha value is -2.87. The number of fused-ring (bicyclic) bond motifs is 1. The maximum absolute atomic E-state index is 12.2. The first kappa shape index (κ1) is 22.8. The molecule has 2 aromatic carbocycles. The minimum Gasteiger partial charge on any atom is -0.480 e. The van der Waals surface area contributed by atoms with Gasteiger partial charge in [0.15, 0.2) is 0 Å². The van der Waals surface area contributed by atoms with Crippen molar-refractivity contribution in [2.45, 2.75) is 38.5 Å². The van der Waals surface area contributed by atoms with Crippen molar-refractivity contribution in [2.24, 2.45) is 0 Å². The Morgan fingerprint density at radius 3 is 2.65 bits per heavy atom. The molecule has 0 unspecified atom stereocenters. The highest BCUT2D eigenvalue weighted by molar-refractivity contribution is 6.30. The monoisotopic (exact) mass is 443 g/mol. The number of aromatic amines is 1. The van der Waals surface area contributed by atoms with Crippen molar-refractivity contribution < 1.29 is 19.8 Å². The fourth-order valence-electron chi connectivity index (χ4n) is 3.38. The van der Waals surface area contributed by atoms with Crippen molar-refractivity contribution >= 4 is 34.4 Å². The topological polar surface area (TPSA) is 114 Å². The van der Waals surface area contributed by atoms with E-state index >= 15 is 0 Å². The molecule has 164 valence electrons. The molecule has 31 heavy (non-hydrogen) atoms. The number of benzene rings is 2. The van der Waals surface area contributed by atoms with E-state index in [1.54, 1.807) is 24.3 Å². The third-order valence-electron chi connectivity index (χ3n) is 5.17. The molecule has 0 spiro atoms. The van der Waals surface area contributed by atoms with Crippen LogP contribution in [0.1, 0.15) is 41.4 Å². The Bertz CT molecular complexity index is 1080. The largest absolute Gasteiger partial charge is 0.480 e. The average Bonchev–Trinajstić information content (AvgIpc) is 3.13. The Balaban J connectivity index is 1.61. The highest BCUT2D eigenvalue weighted by atomic mass is 35.5. The van der Waals surface area contributed by atoms with Gasteiger partial charge in [-0.05, 0) is 55.7 Å². The SMILES string of the molecule is C[C@H](Cc1c[nH]c2cc(C(=O)N[C@@H](C)C(=O)O)ccc12)NC[C@H](O)c1cccc(Cl)c1. The number of aromatic nitrogens is 1. The van der Waals surface area contributed by atoms with Crippen LogP contribution in [0.5, 0.6) is 0 Å². The van der Waals surface area contributed by atoms with Crippen molar-refractivity contribution in [1.29, 1.82) is 0 Å². The Morgan fingerprint density at radius 1 is 1.16 bits per heavy atom. The summed E-state index contributed by atoms with van der Waals surface area (Å²) in [6.07, 6.45) is 1.97. The molecule has 0 fully saturated rings. The summed E-state index contributed by atoms with van der Waals surface area (Å²) in [5.41, 5.74) is 3.04. The number of hydrogen-bond acceptors (Lipinski definition) is 4. The number of aliphatic hydroxyl groups is 1. The highest BCUT2D eigenvalue weighted by Crippen LogP contribution is 2.22. The van der Waals surface area contributed by atoms with Crippen LogP contribution >= 0.6 is 11.6 Å². The third-order valence-corrected chi connectivity index (χ3v) is 5.40.